The first-order chi connectivity index (χ1) is 10.3. The van der Waals surface area contributed by atoms with Gasteiger partial charge in [0.05, 0.1) is 0 Å². The number of rotatable bonds is 3. The maximum Gasteiger partial charge on any atom is 0.246 e. The SMILES string of the molecule is Cc1nccn1Cc1nc(-c2ccc3c(c2)OCO3)no1. The van der Waals surface area contributed by atoms with Gasteiger partial charge in [0.15, 0.2) is 11.5 Å². The van der Waals surface area contributed by atoms with Gasteiger partial charge in [-0.25, -0.2) is 4.98 Å². The summed E-state index contributed by atoms with van der Waals surface area (Å²) in [6.45, 7) is 2.68. The van der Waals surface area contributed by atoms with Gasteiger partial charge in [-0.15, -0.1) is 0 Å². The summed E-state index contributed by atoms with van der Waals surface area (Å²) >= 11 is 0. The number of imidazole rings is 1. The van der Waals surface area contributed by atoms with E-state index in [0.717, 1.165) is 17.1 Å². The van der Waals surface area contributed by atoms with Crippen LogP contribution in [-0.2, 0) is 6.54 Å². The molecule has 0 unspecified atom stereocenters. The predicted octanol–water partition coefficient (Wildman–Crippen LogP) is 2.02. The van der Waals surface area contributed by atoms with E-state index in [9.17, 15) is 0 Å². The Balaban J connectivity index is 1.61. The Kier molecular flexibility index (Phi) is 2.63. The number of fused-ring (bicyclic) bond motifs is 1. The van der Waals surface area contributed by atoms with Crippen molar-refractivity contribution in [3.8, 4) is 22.9 Å². The molecule has 7 heteroatoms. The average molecular weight is 284 g/mol. The van der Waals surface area contributed by atoms with Gasteiger partial charge in [-0.05, 0) is 25.1 Å². The number of hydrogen-bond donors (Lipinski definition) is 0. The molecule has 21 heavy (non-hydrogen) atoms. The molecule has 106 valence electrons. The number of nitrogens with zero attached hydrogens (tertiary/aromatic N) is 4. The van der Waals surface area contributed by atoms with Crippen LogP contribution in [-0.4, -0.2) is 26.5 Å². The Bertz CT molecular complexity index is 793. The van der Waals surface area contributed by atoms with E-state index < -0.39 is 0 Å². The lowest BCUT2D eigenvalue weighted by Gasteiger charge is -1.99. The lowest BCUT2D eigenvalue weighted by atomic mass is 10.2. The van der Waals surface area contributed by atoms with Crippen LogP contribution >= 0.6 is 0 Å². The molecule has 0 saturated carbocycles. The smallest absolute Gasteiger partial charge is 0.246 e. The minimum Gasteiger partial charge on any atom is -0.454 e. The van der Waals surface area contributed by atoms with Crippen LogP contribution < -0.4 is 9.47 Å². The number of aryl methyl sites for hydroxylation is 1. The standard InChI is InChI=1S/C14H12N4O3/c1-9-15-4-5-18(9)7-13-16-14(17-21-13)10-2-3-11-12(6-10)20-8-19-11/h2-6H,7-8H2,1H3. The molecule has 0 fully saturated rings. The number of ether oxygens (including phenoxy) is 2. The molecule has 0 saturated heterocycles. The van der Waals surface area contributed by atoms with Crippen LogP contribution in [0, 0.1) is 6.92 Å². The van der Waals surface area contributed by atoms with Gasteiger partial charge in [0.25, 0.3) is 0 Å². The normalized spacial score (nSPS) is 12.8. The highest BCUT2D eigenvalue weighted by Crippen LogP contribution is 2.35. The summed E-state index contributed by atoms with van der Waals surface area (Å²) in [5, 5.41) is 4.01. The van der Waals surface area contributed by atoms with Gasteiger partial charge in [0.1, 0.15) is 12.4 Å². The molecule has 0 amide bonds. The lowest BCUT2D eigenvalue weighted by Crippen LogP contribution is -2.00. The minimum atomic E-state index is 0.246. The number of benzene rings is 1. The van der Waals surface area contributed by atoms with E-state index in [0.29, 0.717) is 24.0 Å². The average Bonchev–Trinajstić information content (AvgIpc) is 3.20. The molecule has 1 aliphatic heterocycles. The highest BCUT2D eigenvalue weighted by Gasteiger charge is 2.16. The monoisotopic (exact) mass is 284 g/mol. The van der Waals surface area contributed by atoms with Crippen molar-refractivity contribution in [2.24, 2.45) is 0 Å². The summed E-state index contributed by atoms with van der Waals surface area (Å²) in [6.07, 6.45) is 3.62. The number of hydrogen-bond acceptors (Lipinski definition) is 6. The van der Waals surface area contributed by atoms with Crippen molar-refractivity contribution in [2.45, 2.75) is 13.5 Å². The molecular formula is C14H12N4O3. The fraction of sp³-hybridized carbons (Fsp3) is 0.214. The van der Waals surface area contributed by atoms with E-state index in [1.54, 1.807) is 6.20 Å². The third-order valence-electron chi connectivity index (χ3n) is 3.33. The van der Waals surface area contributed by atoms with Crippen molar-refractivity contribution in [1.82, 2.24) is 19.7 Å². The summed E-state index contributed by atoms with van der Waals surface area (Å²) < 4.78 is 17.9. The topological polar surface area (TPSA) is 75.2 Å². The summed E-state index contributed by atoms with van der Waals surface area (Å²) in [6, 6.07) is 5.57. The van der Waals surface area contributed by atoms with E-state index in [4.69, 9.17) is 14.0 Å². The minimum absolute atomic E-state index is 0.246. The maximum absolute atomic E-state index is 5.35. The second-order valence-corrected chi connectivity index (χ2v) is 4.68. The lowest BCUT2D eigenvalue weighted by molar-refractivity contribution is 0.174. The van der Waals surface area contributed by atoms with E-state index in [1.807, 2.05) is 35.9 Å². The van der Waals surface area contributed by atoms with Gasteiger partial charge >= 0.3 is 0 Å². The second kappa shape index (κ2) is 4.62. The Morgan fingerprint density at radius 1 is 1.24 bits per heavy atom. The molecule has 0 N–H and O–H groups in total. The molecule has 0 atom stereocenters. The summed E-state index contributed by atoms with van der Waals surface area (Å²) in [7, 11) is 0. The Morgan fingerprint density at radius 2 is 2.14 bits per heavy atom. The first-order valence-corrected chi connectivity index (χ1v) is 6.50. The van der Waals surface area contributed by atoms with Crippen molar-refractivity contribution in [1.29, 1.82) is 0 Å². The first kappa shape index (κ1) is 12.0. The van der Waals surface area contributed by atoms with Gasteiger partial charge in [0, 0.05) is 18.0 Å². The zero-order chi connectivity index (χ0) is 14.2. The van der Waals surface area contributed by atoms with E-state index >= 15 is 0 Å². The molecular weight excluding hydrogens is 272 g/mol. The maximum atomic E-state index is 5.35. The Hall–Kier alpha value is -2.83. The van der Waals surface area contributed by atoms with Gasteiger partial charge in [-0.2, -0.15) is 4.98 Å². The summed E-state index contributed by atoms with van der Waals surface area (Å²) in [4.78, 5) is 8.56. The van der Waals surface area contributed by atoms with Gasteiger partial charge in [-0.1, -0.05) is 5.16 Å². The molecule has 1 aliphatic rings. The molecule has 0 radical (unpaired) electrons. The van der Waals surface area contributed by atoms with Crippen LogP contribution in [0.15, 0.2) is 35.1 Å². The van der Waals surface area contributed by atoms with Crippen molar-refractivity contribution in [2.75, 3.05) is 6.79 Å². The summed E-state index contributed by atoms with van der Waals surface area (Å²) in [5.74, 6) is 3.39. The van der Waals surface area contributed by atoms with Crippen molar-refractivity contribution in [3.63, 3.8) is 0 Å². The quantitative estimate of drug-likeness (QED) is 0.732. The highest BCUT2D eigenvalue weighted by molar-refractivity contribution is 5.61. The molecule has 3 aromatic rings. The van der Waals surface area contributed by atoms with Crippen LogP contribution in [0.3, 0.4) is 0 Å². The van der Waals surface area contributed by atoms with Crippen molar-refractivity contribution in [3.05, 3.63) is 42.3 Å². The van der Waals surface area contributed by atoms with Crippen molar-refractivity contribution < 1.29 is 14.0 Å². The third-order valence-corrected chi connectivity index (χ3v) is 3.33. The largest absolute Gasteiger partial charge is 0.454 e. The zero-order valence-electron chi connectivity index (χ0n) is 11.3. The molecule has 7 nitrogen and oxygen atoms in total. The molecule has 4 rings (SSSR count). The predicted molar refractivity (Wildman–Crippen MR) is 71.9 cm³/mol. The molecule has 0 spiro atoms. The van der Waals surface area contributed by atoms with Crippen LogP contribution in [0.4, 0.5) is 0 Å². The first-order valence-electron chi connectivity index (χ1n) is 6.50. The molecule has 0 bridgehead atoms. The molecule has 2 aromatic heterocycles. The molecule has 3 heterocycles. The second-order valence-electron chi connectivity index (χ2n) is 4.68. The van der Waals surface area contributed by atoms with E-state index in [-0.39, 0.29) is 6.79 Å². The number of aromatic nitrogens is 4. The Labute approximate surface area is 120 Å². The molecule has 0 aliphatic carbocycles. The highest BCUT2D eigenvalue weighted by atomic mass is 16.7. The van der Waals surface area contributed by atoms with Crippen molar-refractivity contribution >= 4 is 0 Å². The fourth-order valence-electron chi connectivity index (χ4n) is 2.19. The molecule has 1 aromatic carbocycles. The zero-order valence-corrected chi connectivity index (χ0v) is 11.3. The van der Waals surface area contributed by atoms with E-state index in [2.05, 4.69) is 15.1 Å². The fourth-order valence-corrected chi connectivity index (χ4v) is 2.19. The van der Waals surface area contributed by atoms with Crippen LogP contribution in [0.2, 0.25) is 0 Å². The Morgan fingerprint density at radius 3 is 3.00 bits per heavy atom. The van der Waals surface area contributed by atoms with E-state index in [1.165, 1.54) is 0 Å². The van der Waals surface area contributed by atoms with Gasteiger partial charge < -0.3 is 18.6 Å². The van der Waals surface area contributed by atoms with Crippen LogP contribution in [0.25, 0.3) is 11.4 Å². The summed E-state index contributed by atoms with van der Waals surface area (Å²) in [5.41, 5.74) is 0.830. The van der Waals surface area contributed by atoms with Crippen LogP contribution in [0.1, 0.15) is 11.7 Å². The van der Waals surface area contributed by atoms with Gasteiger partial charge in [-0.3, -0.25) is 0 Å². The van der Waals surface area contributed by atoms with Crippen LogP contribution in [0.5, 0.6) is 11.5 Å². The van der Waals surface area contributed by atoms with Gasteiger partial charge in [0.2, 0.25) is 18.5 Å². The third kappa shape index (κ3) is 2.12.